The van der Waals surface area contributed by atoms with Crippen LogP contribution in [0.2, 0.25) is 0 Å². The molecule has 0 aliphatic carbocycles. The van der Waals surface area contributed by atoms with Crippen LogP contribution in [0.1, 0.15) is 19.4 Å². The number of hydrogen-bond donors (Lipinski definition) is 1. The molecule has 13 heavy (non-hydrogen) atoms. The van der Waals surface area contributed by atoms with Crippen LogP contribution in [-0.4, -0.2) is 8.75 Å². The number of thiol groups is 1. The molecule has 0 saturated carbocycles. The third kappa shape index (κ3) is 1.69. The van der Waals surface area contributed by atoms with Crippen molar-refractivity contribution in [2.45, 2.75) is 18.6 Å². The van der Waals surface area contributed by atoms with Crippen molar-refractivity contribution in [3.63, 3.8) is 0 Å². The van der Waals surface area contributed by atoms with E-state index in [1.807, 2.05) is 12.1 Å². The fourth-order valence-electron chi connectivity index (χ4n) is 1.16. The Kier molecular flexibility index (Phi) is 2.04. The maximum atomic E-state index is 4.51. The summed E-state index contributed by atoms with van der Waals surface area (Å²) in [6.45, 7) is 4.13. The van der Waals surface area contributed by atoms with Crippen LogP contribution in [0.25, 0.3) is 11.0 Å². The average Bonchev–Trinajstić information content (AvgIpc) is 2.47. The average molecular weight is 210 g/mol. The van der Waals surface area contributed by atoms with E-state index < -0.39 is 0 Å². The van der Waals surface area contributed by atoms with Crippen molar-refractivity contribution in [2.75, 3.05) is 0 Å². The van der Waals surface area contributed by atoms with Gasteiger partial charge in [0.15, 0.2) is 0 Å². The molecule has 0 aliphatic rings. The van der Waals surface area contributed by atoms with E-state index in [0.717, 1.165) is 11.0 Å². The van der Waals surface area contributed by atoms with E-state index in [1.54, 1.807) is 0 Å². The Morgan fingerprint density at radius 1 is 1.23 bits per heavy atom. The molecule has 4 heteroatoms. The van der Waals surface area contributed by atoms with E-state index >= 15 is 0 Å². The Hall–Kier alpha value is -0.610. The van der Waals surface area contributed by atoms with Crippen LogP contribution < -0.4 is 0 Å². The van der Waals surface area contributed by atoms with E-state index in [-0.39, 0.29) is 4.75 Å². The second kappa shape index (κ2) is 2.96. The minimum Gasteiger partial charge on any atom is -0.173 e. The Morgan fingerprint density at radius 2 is 1.92 bits per heavy atom. The molecule has 0 radical (unpaired) electrons. The predicted octanol–water partition coefficient (Wildman–Crippen LogP) is 2.86. The molecule has 0 amide bonds. The molecule has 0 atom stereocenters. The van der Waals surface area contributed by atoms with Crippen LogP contribution in [-0.2, 0) is 4.75 Å². The lowest BCUT2D eigenvalue weighted by Gasteiger charge is -2.17. The summed E-state index contributed by atoms with van der Waals surface area (Å²) in [7, 11) is 0. The van der Waals surface area contributed by atoms with Gasteiger partial charge in [0.25, 0.3) is 0 Å². The second-order valence-corrected chi connectivity index (χ2v) is 5.17. The molecule has 0 unspecified atom stereocenters. The van der Waals surface area contributed by atoms with Crippen molar-refractivity contribution in [1.82, 2.24) is 8.75 Å². The number of rotatable bonds is 1. The molecule has 68 valence electrons. The maximum absolute atomic E-state index is 4.51. The van der Waals surface area contributed by atoms with Gasteiger partial charge >= 0.3 is 0 Å². The van der Waals surface area contributed by atoms with Gasteiger partial charge in [-0.1, -0.05) is 6.07 Å². The van der Waals surface area contributed by atoms with Crippen LogP contribution in [0.3, 0.4) is 0 Å². The number of hydrogen-bond acceptors (Lipinski definition) is 4. The van der Waals surface area contributed by atoms with Crippen molar-refractivity contribution in [2.24, 2.45) is 0 Å². The SMILES string of the molecule is CC(C)(S)c1ccc2nsnc2c1. The number of fused-ring (bicyclic) bond motifs is 1. The molecule has 2 nitrogen and oxygen atoms in total. The monoisotopic (exact) mass is 210 g/mol. The zero-order chi connectivity index (χ0) is 9.47. The molecule has 0 spiro atoms. The zero-order valence-corrected chi connectivity index (χ0v) is 9.19. The first kappa shape index (κ1) is 8.97. The van der Waals surface area contributed by atoms with Crippen molar-refractivity contribution in [1.29, 1.82) is 0 Å². The van der Waals surface area contributed by atoms with Gasteiger partial charge in [-0.15, -0.1) is 0 Å². The highest BCUT2D eigenvalue weighted by molar-refractivity contribution is 7.81. The Morgan fingerprint density at radius 3 is 2.62 bits per heavy atom. The van der Waals surface area contributed by atoms with E-state index in [1.165, 1.54) is 17.3 Å². The molecule has 0 N–H and O–H groups in total. The highest BCUT2D eigenvalue weighted by atomic mass is 32.1. The molecule has 1 aromatic heterocycles. The third-order valence-electron chi connectivity index (χ3n) is 1.96. The number of aromatic nitrogens is 2. The smallest absolute Gasteiger partial charge is 0.105 e. The second-order valence-electron chi connectivity index (χ2n) is 3.53. The van der Waals surface area contributed by atoms with Gasteiger partial charge in [-0.3, -0.25) is 0 Å². The summed E-state index contributed by atoms with van der Waals surface area (Å²) in [4.78, 5) is 0. The van der Waals surface area contributed by atoms with E-state index in [9.17, 15) is 0 Å². The van der Waals surface area contributed by atoms with Crippen LogP contribution >= 0.6 is 24.4 Å². The molecule has 0 fully saturated rings. The topological polar surface area (TPSA) is 25.8 Å². The molecule has 1 heterocycles. The zero-order valence-electron chi connectivity index (χ0n) is 7.48. The van der Waals surface area contributed by atoms with Crippen LogP contribution in [0, 0.1) is 0 Å². The summed E-state index contributed by atoms with van der Waals surface area (Å²) < 4.78 is 8.22. The standard InChI is InChI=1S/C9H10N2S2/c1-9(2,12)6-3-4-7-8(5-6)11-13-10-7/h3-5,12H,1-2H3. The highest BCUT2D eigenvalue weighted by Crippen LogP contribution is 2.28. The van der Waals surface area contributed by atoms with Gasteiger partial charge in [0.2, 0.25) is 0 Å². The minimum atomic E-state index is -0.113. The number of benzene rings is 1. The Balaban J connectivity index is 2.61. The van der Waals surface area contributed by atoms with Crippen molar-refractivity contribution in [3.8, 4) is 0 Å². The Bertz CT molecular complexity index is 428. The molecular formula is C9H10N2S2. The molecule has 0 aliphatic heterocycles. The van der Waals surface area contributed by atoms with Crippen LogP contribution in [0.4, 0.5) is 0 Å². The summed E-state index contributed by atoms with van der Waals surface area (Å²) in [6, 6.07) is 6.09. The minimum absolute atomic E-state index is 0.113. The van der Waals surface area contributed by atoms with Crippen molar-refractivity contribution < 1.29 is 0 Å². The normalized spacial score (nSPS) is 12.2. The summed E-state index contributed by atoms with van der Waals surface area (Å²) in [6.07, 6.45) is 0. The fourth-order valence-corrected chi connectivity index (χ4v) is 1.82. The van der Waals surface area contributed by atoms with E-state index in [0.29, 0.717) is 0 Å². The van der Waals surface area contributed by atoms with Gasteiger partial charge in [-0.2, -0.15) is 21.4 Å². The molecule has 1 aromatic carbocycles. The highest BCUT2D eigenvalue weighted by Gasteiger charge is 2.15. The molecule has 2 rings (SSSR count). The maximum Gasteiger partial charge on any atom is 0.105 e. The Labute approximate surface area is 86.7 Å². The summed E-state index contributed by atoms with van der Waals surface area (Å²) in [5.41, 5.74) is 3.10. The lowest BCUT2D eigenvalue weighted by atomic mass is 10.0. The molecule has 2 aromatic rings. The van der Waals surface area contributed by atoms with Crippen LogP contribution in [0.15, 0.2) is 18.2 Å². The van der Waals surface area contributed by atoms with Crippen LogP contribution in [0.5, 0.6) is 0 Å². The lowest BCUT2D eigenvalue weighted by Crippen LogP contribution is -2.06. The van der Waals surface area contributed by atoms with Gasteiger partial charge in [0.05, 0.1) is 11.7 Å². The van der Waals surface area contributed by atoms with E-state index in [4.69, 9.17) is 0 Å². The van der Waals surface area contributed by atoms with Gasteiger partial charge < -0.3 is 0 Å². The molecule has 0 bridgehead atoms. The fraction of sp³-hybridized carbons (Fsp3) is 0.333. The van der Waals surface area contributed by atoms with Gasteiger partial charge in [0.1, 0.15) is 11.0 Å². The summed E-state index contributed by atoms with van der Waals surface area (Å²) in [5, 5.41) is 0. The summed E-state index contributed by atoms with van der Waals surface area (Å²) in [5.74, 6) is 0. The summed E-state index contributed by atoms with van der Waals surface area (Å²) >= 11 is 5.75. The first-order valence-corrected chi connectivity index (χ1v) is 5.20. The third-order valence-corrected chi connectivity index (χ3v) is 2.78. The van der Waals surface area contributed by atoms with Crippen molar-refractivity contribution >= 4 is 35.4 Å². The first-order chi connectivity index (χ1) is 6.07. The number of nitrogens with zero attached hydrogens (tertiary/aromatic N) is 2. The van der Waals surface area contributed by atoms with Gasteiger partial charge in [0, 0.05) is 4.75 Å². The van der Waals surface area contributed by atoms with E-state index in [2.05, 4.69) is 41.3 Å². The largest absolute Gasteiger partial charge is 0.173 e. The molecule has 0 saturated heterocycles. The molecular weight excluding hydrogens is 200 g/mol. The van der Waals surface area contributed by atoms with Crippen molar-refractivity contribution in [3.05, 3.63) is 23.8 Å². The van der Waals surface area contributed by atoms with Gasteiger partial charge in [-0.05, 0) is 31.5 Å². The quantitative estimate of drug-likeness (QED) is 0.732. The van der Waals surface area contributed by atoms with Gasteiger partial charge in [-0.25, -0.2) is 0 Å². The first-order valence-electron chi connectivity index (χ1n) is 4.02. The predicted molar refractivity (Wildman–Crippen MR) is 59.4 cm³/mol. The lowest BCUT2D eigenvalue weighted by molar-refractivity contribution is 0.792.